The summed E-state index contributed by atoms with van der Waals surface area (Å²) in [7, 11) is 1.65. The molecule has 4 rings (SSSR count). The van der Waals surface area contributed by atoms with Crippen molar-refractivity contribution in [3.63, 3.8) is 0 Å². The summed E-state index contributed by atoms with van der Waals surface area (Å²) in [4.78, 5) is 7.50. The van der Waals surface area contributed by atoms with E-state index in [0.29, 0.717) is 29.6 Å². The summed E-state index contributed by atoms with van der Waals surface area (Å²) in [5.41, 5.74) is 4.05. The second kappa shape index (κ2) is 10.7. The summed E-state index contributed by atoms with van der Waals surface area (Å²) < 4.78 is 40.8. The minimum Gasteiger partial charge on any atom is -0.454 e. The Bertz CT molecular complexity index is 1100. The number of aliphatic imine (C=N–C) groups is 1. The van der Waals surface area contributed by atoms with Crippen molar-refractivity contribution in [1.82, 2.24) is 15.6 Å². The Kier molecular flexibility index (Phi) is 7.99. The number of nitrogens with one attached hydrogen (secondary N) is 3. The molecule has 1 aliphatic rings. The van der Waals surface area contributed by atoms with E-state index in [1.54, 1.807) is 13.1 Å². The molecule has 1 aromatic heterocycles. The highest BCUT2D eigenvalue weighted by molar-refractivity contribution is 14.0. The Balaban J connectivity index is 0.00000289. The fraction of sp³-hybridized carbons (Fsp3) is 0.318. The van der Waals surface area contributed by atoms with E-state index in [1.165, 1.54) is 22.6 Å². The maximum atomic E-state index is 12.8. The molecule has 0 radical (unpaired) electrons. The molecular formula is C22H25F2IN4O3. The highest BCUT2D eigenvalue weighted by Crippen LogP contribution is 2.38. The van der Waals surface area contributed by atoms with Crippen LogP contribution in [0.2, 0.25) is 0 Å². The molecule has 3 aromatic rings. The summed E-state index contributed by atoms with van der Waals surface area (Å²) in [6.07, 6.45) is 2.82. The SMILES string of the molecule is CN=C(NCCc1c[nH]c2cc(C)ccc12)NCc1cc2c(cc1OC(F)F)OCO2.I. The van der Waals surface area contributed by atoms with Gasteiger partial charge in [0.15, 0.2) is 17.5 Å². The van der Waals surface area contributed by atoms with Gasteiger partial charge in [0, 0.05) is 48.9 Å². The van der Waals surface area contributed by atoms with Crippen LogP contribution >= 0.6 is 24.0 Å². The topological polar surface area (TPSA) is 79.9 Å². The molecule has 0 amide bonds. The zero-order valence-electron chi connectivity index (χ0n) is 17.7. The summed E-state index contributed by atoms with van der Waals surface area (Å²) in [5, 5.41) is 7.57. The van der Waals surface area contributed by atoms with Crippen molar-refractivity contribution >= 4 is 40.8 Å². The third kappa shape index (κ3) is 5.53. The van der Waals surface area contributed by atoms with Gasteiger partial charge >= 0.3 is 6.61 Å². The van der Waals surface area contributed by atoms with E-state index in [4.69, 9.17) is 9.47 Å². The smallest absolute Gasteiger partial charge is 0.387 e. The van der Waals surface area contributed by atoms with Gasteiger partial charge in [-0.05, 0) is 36.6 Å². The lowest BCUT2D eigenvalue weighted by molar-refractivity contribution is -0.0505. The van der Waals surface area contributed by atoms with Gasteiger partial charge in [-0.25, -0.2) is 0 Å². The predicted octanol–water partition coefficient (Wildman–Crippen LogP) is 4.33. The number of aryl methyl sites for hydroxylation is 1. The Morgan fingerprint density at radius 2 is 1.94 bits per heavy atom. The summed E-state index contributed by atoms with van der Waals surface area (Å²) >= 11 is 0. The van der Waals surface area contributed by atoms with Gasteiger partial charge < -0.3 is 29.8 Å². The molecule has 0 unspecified atom stereocenters. The average Bonchev–Trinajstić information content (AvgIpc) is 3.36. The number of aromatic amines is 1. The molecule has 10 heteroatoms. The van der Waals surface area contributed by atoms with Crippen LogP contribution in [0.1, 0.15) is 16.7 Å². The summed E-state index contributed by atoms with van der Waals surface area (Å²) in [6, 6.07) is 9.39. The number of aromatic nitrogens is 1. The average molecular weight is 558 g/mol. The number of ether oxygens (including phenoxy) is 3. The zero-order valence-corrected chi connectivity index (χ0v) is 20.0. The Hall–Kier alpha value is -2.76. The number of hydrogen-bond acceptors (Lipinski definition) is 4. The van der Waals surface area contributed by atoms with Crippen molar-refractivity contribution in [2.45, 2.75) is 26.5 Å². The van der Waals surface area contributed by atoms with Gasteiger partial charge in [-0.1, -0.05) is 12.1 Å². The van der Waals surface area contributed by atoms with Gasteiger partial charge in [-0.3, -0.25) is 4.99 Å². The number of nitrogens with zero attached hydrogens (tertiary/aromatic N) is 1. The molecule has 2 aromatic carbocycles. The van der Waals surface area contributed by atoms with Crippen LogP contribution in [0.4, 0.5) is 8.78 Å². The number of rotatable bonds is 7. The Morgan fingerprint density at radius 3 is 2.69 bits per heavy atom. The van der Waals surface area contributed by atoms with E-state index in [0.717, 1.165) is 11.9 Å². The van der Waals surface area contributed by atoms with Crippen molar-refractivity contribution in [3.8, 4) is 17.2 Å². The molecule has 1 aliphatic heterocycles. The van der Waals surface area contributed by atoms with Crippen LogP contribution in [0.15, 0.2) is 41.5 Å². The van der Waals surface area contributed by atoms with E-state index in [2.05, 4.69) is 50.5 Å². The molecule has 32 heavy (non-hydrogen) atoms. The molecule has 0 bridgehead atoms. The van der Waals surface area contributed by atoms with Crippen LogP contribution in [-0.4, -0.2) is 37.9 Å². The first kappa shape index (κ1) is 23.9. The summed E-state index contributed by atoms with van der Waals surface area (Å²) in [5.74, 6) is 1.47. The molecule has 0 saturated heterocycles. The van der Waals surface area contributed by atoms with E-state index in [1.807, 2.05) is 6.20 Å². The monoisotopic (exact) mass is 558 g/mol. The van der Waals surface area contributed by atoms with Gasteiger partial charge in [-0.2, -0.15) is 8.78 Å². The first-order valence-corrected chi connectivity index (χ1v) is 9.92. The number of alkyl halides is 2. The number of guanidine groups is 1. The standard InChI is InChI=1S/C22H24F2N4O3.HI/c1-13-3-4-16-14(10-27-17(16)7-13)5-6-26-22(25-2)28-11-15-8-19-20(30-12-29-19)9-18(15)31-21(23)24;/h3-4,7-10,21,27H,5-6,11-12H2,1-2H3,(H2,25,26,28);1H. The molecule has 0 aliphatic carbocycles. The van der Waals surface area contributed by atoms with Crippen molar-refractivity contribution in [1.29, 1.82) is 0 Å². The molecule has 7 nitrogen and oxygen atoms in total. The van der Waals surface area contributed by atoms with Crippen LogP contribution in [0, 0.1) is 6.92 Å². The molecule has 3 N–H and O–H groups in total. The van der Waals surface area contributed by atoms with E-state index < -0.39 is 6.61 Å². The molecule has 0 fully saturated rings. The largest absolute Gasteiger partial charge is 0.454 e. The Morgan fingerprint density at radius 1 is 1.16 bits per heavy atom. The predicted molar refractivity (Wildman–Crippen MR) is 130 cm³/mol. The normalized spacial score (nSPS) is 12.7. The third-order valence-corrected chi connectivity index (χ3v) is 5.05. The lowest BCUT2D eigenvalue weighted by Crippen LogP contribution is -2.37. The van der Waals surface area contributed by atoms with Gasteiger partial charge in [0.25, 0.3) is 0 Å². The minimum atomic E-state index is -2.93. The van der Waals surface area contributed by atoms with Crippen LogP contribution in [0.3, 0.4) is 0 Å². The molecule has 2 heterocycles. The van der Waals surface area contributed by atoms with Gasteiger partial charge in [0.05, 0.1) is 0 Å². The maximum absolute atomic E-state index is 12.8. The van der Waals surface area contributed by atoms with Crippen LogP contribution in [-0.2, 0) is 13.0 Å². The van der Waals surface area contributed by atoms with Gasteiger partial charge in [-0.15, -0.1) is 24.0 Å². The van der Waals surface area contributed by atoms with Crippen LogP contribution in [0.25, 0.3) is 10.9 Å². The fourth-order valence-electron chi connectivity index (χ4n) is 3.53. The lowest BCUT2D eigenvalue weighted by atomic mass is 10.1. The number of H-pyrrole nitrogens is 1. The van der Waals surface area contributed by atoms with Crippen molar-refractivity contribution in [3.05, 3.63) is 53.2 Å². The number of benzene rings is 2. The van der Waals surface area contributed by atoms with Crippen molar-refractivity contribution in [2.75, 3.05) is 20.4 Å². The number of halogens is 3. The minimum absolute atomic E-state index is 0. The third-order valence-electron chi connectivity index (χ3n) is 5.05. The zero-order chi connectivity index (χ0) is 21.8. The van der Waals surface area contributed by atoms with Crippen LogP contribution in [0.5, 0.6) is 17.2 Å². The highest BCUT2D eigenvalue weighted by atomic mass is 127. The van der Waals surface area contributed by atoms with E-state index in [9.17, 15) is 8.78 Å². The first-order valence-electron chi connectivity index (χ1n) is 9.92. The van der Waals surface area contributed by atoms with E-state index in [-0.39, 0.29) is 43.1 Å². The van der Waals surface area contributed by atoms with Gasteiger partial charge in [0.1, 0.15) is 5.75 Å². The van der Waals surface area contributed by atoms with Crippen molar-refractivity contribution in [2.24, 2.45) is 4.99 Å². The molecule has 172 valence electrons. The maximum Gasteiger partial charge on any atom is 0.387 e. The van der Waals surface area contributed by atoms with Gasteiger partial charge in [0.2, 0.25) is 6.79 Å². The molecular weight excluding hydrogens is 533 g/mol. The molecule has 0 saturated carbocycles. The molecule has 0 atom stereocenters. The molecule has 0 spiro atoms. The number of hydrogen-bond donors (Lipinski definition) is 3. The number of fused-ring (bicyclic) bond motifs is 2. The second-order valence-corrected chi connectivity index (χ2v) is 7.16. The van der Waals surface area contributed by atoms with E-state index >= 15 is 0 Å². The second-order valence-electron chi connectivity index (χ2n) is 7.16. The first-order chi connectivity index (χ1) is 15.0. The van der Waals surface area contributed by atoms with Crippen LogP contribution < -0.4 is 24.8 Å². The highest BCUT2D eigenvalue weighted by Gasteiger charge is 2.20. The Labute approximate surface area is 201 Å². The quantitative estimate of drug-likeness (QED) is 0.229. The summed E-state index contributed by atoms with van der Waals surface area (Å²) in [6.45, 7) is 0.0650. The fourth-order valence-corrected chi connectivity index (χ4v) is 3.53. The lowest BCUT2D eigenvalue weighted by Gasteiger charge is -2.15. The van der Waals surface area contributed by atoms with Crippen molar-refractivity contribution < 1.29 is 23.0 Å².